The number of rotatable bonds is 2. The molecule has 0 amide bonds. The summed E-state index contributed by atoms with van der Waals surface area (Å²) in [5, 5.41) is 7.31. The molecule has 1 aliphatic heterocycles. The number of benzene rings is 2. The number of nitrogens with zero attached hydrogens (tertiary/aromatic N) is 3. The van der Waals surface area contributed by atoms with Crippen LogP contribution in [0.3, 0.4) is 0 Å². The Balaban J connectivity index is 1.83. The summed E-state index contributed by atoms with van der Waals surface area (Å²) in [7, 11) is 0. The third-order valence-electron chi connectivity index (χ3n) is 3.79. The maximum Gasteiger partial charge on any atom is 0.226 e. The molecule has 0 radical (unpaired) electrons. The van der Waals surface area contributed by atoms with Crippen molar-refractivity contribution in [3.05, 3.63) is 83.7 Å². The minimum atomic E-state index is -0.421. The molecule has 0 unspecified atom stereocenters. The minimum Gasteiger partial charge on any atom is -0.324 e. The van der Waals surface area contributed by atoms with Crippen molar-refractivity contribution in [3.8, 4) is 0 Å². The second-order valence-corrected chi connectivity index (χ2v) is 5.21. The number of anilines is 1. The first-order chi connectivity index (χ1) is 11.2. The van der Waals surface area contributed by atoms with Gasteiger partial charge in [-0.3, -0.25) is 0 Å². The first-order valence-corrected chi connectivity index (χ1v) is 7.11. The predicted molar refractivity (Wildman–Crippen MR) is 82.6 cm³/mol. The standard InChI is InChI=1S/C17H12F2N4/c18-12-7-5-11(6-8-12)15-9-16(13-3-1-2-4-14(13)19)23-17(22-15)20-10-21-23/h1-10,16H,(H,20,21,22)/t16-/m0/s1. The Morgan fingerprint density at radius 1 is 1.00 bits per heavy atom. The number of aromatic nitrogens is 3. The van der Waals surface area contributed by atoms with Crippen LogP contribution in [-0.4, -0.2) is 14.8 Å². The van der Waals surface area contributed by atoms with Crippen LogP contribution < -0.4 is 5.32 Å². The molecule has 0 saturated heterocycles. The van der Waals surface area contributed by atoms with Crippen LogP contribution >= 0.6 is 0 Å². The molecule has 1 atom stereocenters. The van der Waals surface area contributed by atoms with E-state index in [1.165, 1.54) is 24.5 Å². The van der Waals surface area contributed by atoms with Crippen molar-refractivity contribution < 1.29 is 8.78 Å². The summed E-state index contributed by atoms with van der Waals surface area (Å²) in [6.45, 7) is 0. The summed E-state index contributed by atoms with van der Waals surface area (Å²) < 4.78 is 28.9. The summed E-state index contributed by atoms with van der Waals surface area (Å²) in [4.78, 5) is 4.16. The van der Waals surface area contributed by atoms with Gasteiger partial charge in [0.15, 0.2) is 0 Å². The lowest BCUT2D eigenvalue weighted by atomic mass is 10.0. The Morgan fingerprint density at radius 2 is 1.78 bits per heavy atom. The highest BCUT2D eigenvalue weighted by molar-refractivity contribution is 5.77. The van der Waals surface area contributed by atoms with E-state index in [1.807, 2.05) is 6.08 Å². The van der Waals surface area contributed by atoms with Crippen LogP contribution in [0, 0.1) is 11.6 Å². The summed E-state index contributed by atoms with van der Waals surface area (Å²) >= 11 is 0. The zero-order valence-corrected chi connectivity index (χ0v) is 11.9. The number of allylic oxidation sites excluding steroid dienone is 1. The summed E-state index contributed by atoms with van der Waals surface area (Å²) in [6.07, 6.45) is 3.27. The second-order valence-electron chi connectivity index (χ2n) is 5.21. The molecule has 114 valence electrons. The lowest BCUT2D eigenvalue weighted by Crippen LogP contribution is -2.21. The molecule has 0 bridgehead atoms. The van der Waals surface area contributed by atoms with Gasteiger partial charge in [0.05, 0.1) is 0 Å². The van der Waals surface area contributed by atoms with Crippen LogP contribution in [0.4, 0.5) is 14.7 Å². The van der Waals surface area contributed by atoms with E-state index in [-0.39, 0.29) is 11.6 Å². The molecule has 1 aromatic heterocycles. The van der Waals surface area contributed by atoms with E-state index in [1.54, 1.807) is 35.0 Å². The fourth-order valence-electron chi connectivity index (χ4n) is 2.67. The Kier molecular flexibility index (Phi) is 3.15. The summed E-state index contributed by atoms with van der Waals surface area (Å²) in [5.41, 5.74) is 2.03. The largest absolute Gasteiger partial charge is 0.324 e. The van der Waals surface area contributed by atoms with Gasteiger partial charge in [0, 0.05) is 11.3 Å². The first-order valence-electron chi connectivity index (χ1n) is 7.11. The molecule has 23 heavy (non-hydrogen) atoms. The molecule has 4 rings (SSSR count). The third kappa shape index (κ3) is 2.38. The van der Waals surface area contributed by atoms with E-state index in [0.717, 1.165) is 11.3 Å². The lowest BCUT2D eigenvalue weighted by Gasteiger charge is -2.24. The van der Waals surface area contributed by atoms with Crippen molar-refractivity contribution in [2.45, 2.75) is 6.04 Å². The lowest BCUT2D eigenvalue weighted by molar-refractivity contribution is 0.551. The summed E-state index contributed by atoms with van der Waals surface area (Å²) in [6, 6.07) is 12.2. The van der Waals surface area contributed by atoms with Gasteiger partial charge in [0.25, 0.3) is 0 Å². The maximum absolute atomic E-state index is 14.2. The van der Waals surface area contributed by atoms with E-state index in [0.29, 0.717) is 11.5 Å². The molecule has 2 heterocycles. The molecule has 0 spiro atoms. The molecule has 4 nitrogen and oxygen atoms in total. The van der Waals surface area contributed by atoms with Gasteiger partial charge in [-0.15, -0.1) is 0 Å². The van der Waals surface area contributed by atoms with Crippen molar-refractivity contribution in [3.63, 3.8) is 0 Å². The quantitative estimate of drug-likeness (QED) is 0.786. The second kappa shape index (κ2) is 5.31. The Bertz CT molecular complexity index is 884. The van der Waals surface area contributed by atoms with E-state index < -0.39 is 6.04 Å². The SMILES string of the molecule is Fc1ccc(C2=C[C@@H](c3ccccc3F)n3ncnc3N2)cc1. The fraction of sp³-hybridized carbons (Fsp3) is 0.0588. The maximum atomic E-state index is 14.2. The zero-order chi connectivity index (χ0) is 15.8. The van der Waals surface area contributed by atoms with Gasteiger partial charge in [-0.1, -0.05) is 18.2 Å². The van der Waals surface area contributed by atoms with Gasteiger partial charge < -0.3 is 5.32 Å². The van der Waals surface area contributed by atoms with Crippen molar-refractivity contribution in [1.29, 1.82) is 0 Å². The highest BCUT2D eigenvalue weighted by atomic mass is 19.1. The summed E-state index contributed by atoms with van der Waals surface area (Å²) in [5.74, 6) is -0.102. The average Bonchev–Trinajstić information content (AvgIpc) is 3.04. The van der Waals surface area contributed by atoms with Gasteiger partial charge in [-0.25, -0.2) is 13.5 Å². The van der Waals surface area contributed by atoms with Crippen LogP contribution in [0.5, 0.6) is 0 Å². The normalized spacial score (nSPS) is 16.4. The van der Waals surface area contributed by atoms with Crippen LogP contribution in [0.25, 0.3) is 5.70 Å². The average molecular weight is 310 g/mol. The molecule has 6 heteroatoms. The number of hydrogen-bond acceptors (Lipinski definition) is 3. The molecular weight excluding hydrogens is 298 g/mol. The van der Waals surface area contributed by atoms with E-state index in [2.05, 4.69) is 15.4 Å². The van der Waals surface area contributed by atoms with Crippen molar-refractivity contribution >= 4 is 11.6 Å². The van der Waals surface area contributed by atoms with E-state index in [4.69, 9.17) is 0 Å². The highest BCUT2D eigenvalue weighted by Gasteiger charge is 2.25. The minimum absolute atomic E-state index is 0.306. The molecule has 0 aliphatic carbocycles. The third-order valence-corrected chi connectivity index (χ3v) is 3.79. The van der Waals surface area contributed by atoms with Gasteiger partial charge in [-0.05, 0) is 42.0 Å². The number of hydrogen-bond donors (Lipinski definition) is 1. The number of halogens is 2. The molecule has 3 aromatic rings. The molecular formula is C17H12F2N4. The van der Waals surface area contributed by atoms with Gasteiger partial charge in [0.2, 0.25) is 5.95 Å². The monoisotopic (exact) mass is 310 g/mol. The van der Waals surface area contributed by atoms with Gasteiger partial charge >= 0.3 is 0 Å². The highest BCUT2D eigenvalue weighted by Crippen LogP contribution is 2.32. The van der Waals surface area contributed by atoms with Crippen molar-refractivity contribution in [1.82, 2.24) is 14.8 Å². The molecule has 1 N–H and O–H groups in total. The first kappa shape index (κ1) is 13.6. The Morgan fingerprint density at radius 3 is 2.57 bits per heavy atom. The van der Waals surface area contributed by atoms with E-state index >= 15 is 0 Å². The zero-order valence-electron chi connectivity index (χ0n) is 11.9. The van der Waals surface area contributed by atoms with Crippen LogP contribution in [-0.2, 0) is 0 Å². The number of nitrogens with one attached hydrogen (secondary N) is 1. The smallest absolute Gasteiger partial charge is 0.226 e. The molecule has 1 aliphatic rings. The van der Waals surface area contributed by atoms with E-state index in [9.17, 15) is 8.78 Å². The van der Waals surface area contributed by atoms with Gasteiger partial charge in [0.1, 0.15) is 24.0 Å². The molecule has 0 fully saturated rings. The van der Waals surface area contributed by atoms with Crippen LogP contribution in [0.15, 0.2) is 60.9 Å². The molecule has 2 aromatic carbocycles. The van der Waals surface area contributed by atoms with Crippen molar-refractivity contribution in [2.24, 2.45) is 0 Å². The van der Waals surface area contributed by atoms with Gasteiger partial charge in [-0.2, -0.15) is 10.1 Å². The van der Waals surface area contributed by atoms with Crippen LogP contribution in [0.1, 0.15) is 17.2 Å². The van der Waals surface area contributed by atoms with Crippen molar-refractivity contribution in [2.75, 3.05) is 5.32 Å². The van der Waals surface area contributed by atoms with Crippen LogP contribution in [0.2, 0.25) is 0 Å². The Hall–Kier alpha value is -3.02. The topological polar surface area (TPSA) is 42.7 Å². The fourth-order valence-corrected chi connectivity index (χ4v) is 2.67. The Labute approximate surface area is 131 Å². The predicted octanol–water partition coefficient (Wildman–Crippen LogP) is 3.61. The number of fused-ring (bicyclic) bond motifs is 1. The molecule has 0 saturated carbocycles.